The molecule has 2 aliphatic rings. The third kappa shape index (κ3) is 2.96. The normalized spacial score (nSPS) is 21.9. The van der Waals surface area contributed by atoms with Gasteiger partial charge in [0.05, 0.1) is 35.0 Å². The number of pyridine rings is 1. The highest BCUT2D eigenvalue weighted by molar-refractivity contribution is 8.01. The molecule has 2 saturated heterocycles. The lowest BCUT2D eigenvalue weighted by Crippen LogP contribution is -2.60. The minimum Gasteiger partial charge on any atom is -0.469 e. The van der Waals surface area contributed by atoms with Crippen molar-refractivity contribution in [2.45, 2.75) is 30.8 Å². The minimum absolute atomic E-state index is 0.0744. The van der Waals surface area contributed by atoms with E-state index in [0.717, 1.165) is 31.0 Å². The molecule has 0 radical (unpaired) electrons. The smallest absolute Gasteiger partial charge is 0.257 e. The summed E-state index contributed by atoms with van der Waals surface area (Å²) < 4.78 is 11.4. The molecule has 2 aromatic heterocycles. The Labute approximate surface area is 145 Å². The van der Waals surface area contributed by atoms with Crippen LogP contribution in [0, 0.1) is 6.92 Å². The highest BCUT2D eigenvalue weighted by Gasteiger charge is 2.51. The summed E-state index contributed by atoms with van der Waals surface area (Å²) in [4.78, 5) is 18.7. The van der Waals surface area contributed by atoms with Crippen molar-refractivity contribution in [2.75, 3.05) is 18.8 Å². The predicted molar refractivity (Wildman–Crippen MR) is 92.0 cm³/mol. The van der Waals surface area contributed by atoms with Gasteiger partial charge in [0, 0.05) is 25.0 Å². The maximum atomic E-state index is 12.5. The molecule has 4 heterocycles. The largest absolute Gasteiger partial charge is 0.469 e. The van der Waals surface area contributed by atoms with Crippen molar-refractivity contribution >= 4 is 17.7 Å². The molecule has 24 heavy (non-hydrogen) atoms. The Hall–Kier alpha value is -1.79. The summed E-state index contributed by atoms with van der Waals surface area (Å²) in [6, 6.07) is 7.62. The molecule has 2 aromatic rings. The zero-order valence-electron chi connectivity index (χ0n) is 13.6. The van der Waals surface area contributed by atoms with E-state index >= 15 is 0 Å². The topological polar surface area (TPSA) is 55.6 Å². The SMILES string of the molecule is Cc1occc1C(=O)N1CC2(CC(OCc3ccccn3)CS2)C1. The van der Waals surface area contributed by atoms with Crippen LogP contribution in [0.5, 0.6) is 0 Å². The van der Waals surface area contributed by atoms with Gasteiger partial charge in [0.25, 0.3) is 5.91 Å². The van der Waals surface area contributed by atoms with E-state index in [-0.39, 0.29) is 16.8 Å². The van der Waals surface area contributed by atoms with Crippen molar-refractivity contribution in [2.24, 2.45) is 0 Å². The number of likely N-dealkylation sites (tertiary alicyclic amines) is 1. The maximum Gasteiger partial charge on any atom is 0.257 e. The number of thioether (sulfide) groups is 1. The Balaban J connectivity index is 1.29. The fraction of sp³-hybridized carbons (Fsp3) is 0.444. The number of amides is 1. The molecule has 2 aliphatic heterocycles. The van der Waals surface area contributed by atoms with Crippen LogP contribution in [0.4, 0.5) is 0 Å². The number of ether oxygens (including phenoxy) is 1. The standard InChI is InChI=1S/C18H20N2O3S/c1-13-16(5-7-22-13)17(21)20-11-18(12-20)8-15(10-24-18)23-9-14-4-2-3-6-19-14/h2-7,15H,8-12H2,1H3. The summed E-state index contributed by atoms with van der Waals surface area (Å²) in [6.07, 6.45) is 4.60. The van der Waals surface area contributed by atoms with E-state index in [1.165, 1.54) is 0 Å². The van der Waals surface area contributed by atoms with Crippen molar-refractivity contribution < 1.29 is 13.9 Å². The van der Waals surface area contributed by atoms with Crippen LogP contribution in [0.3, 0.4) is 0 Å². The van der Waals surface area contributed by atoms with Gasteiger partial charge < -0.3 is 14.1 Å². The van der Waals surface area contributed by atoms with Crippen molar-refractivity contribution in [1.29, 1.82) is 0 Å². The average Bonchev–Trinajstić information content (AvgIpc) is 3.18. The second kappa shape index (κ2) is 6.26. The third-order valence-corrected chi connectivity index (χ3v) is 6.28. The van der Waals surface area contributed by atoms with Gasteiger partial charge in [-0.1, -0.05) is 6.07 Å². The van der Waals surface area contributed by atoms with Gasteiger partial charge in [0.2, 0.25) is 0 Å². The van der Waals surface area contributed by atoms with E-state index in [0.29, 0.717) is 17.9 Å². The van der Waals surface area contributed by atoms with E-state index in [1.807, 2.05) is 41.8 Å². The lowest BCUT2D eigenvalue weighted by atomic mass is 9.92. The summed E-state index contributed by atoms with van der Waals surface area (Å²) in [5, 5.41) is 0. The van der Waals surface area contributed by atoms with Gasteiger partial charge in [-0.25, -0.2) is 0 Å². The van der Waals surface area contributed by atoms with Gasteiger partial charge in [-0.15, -0.1) is 11.8 Å². The van der Waals surface area contributed by atoms with Gasteiger partial charge in [-0.3, -0.25) is 9.78 Å². The lowest BCUT2D eigenvalue weighted by Gasteiger charge is -2.47. The number of carbonyl (C=O) groups is 1. The number of hydrogen-bond acceptors (Lipinski definition) is 5. The number of aryl methyl sites for hydroxylation is 1. The lowest BCUT2D eigenvalue weighted by molar-refractivity contribution is 0.0244. The van der Waals surface area contributed by atoms with Crippen LogP contribution >= 0.6 is 11.8 Å². The summed E-state index contributed by atoms with van der Waals surface area (Å²) in [5.41, 5.74) is 1.64. The van der Waals surface area contributed by atoms with Crippen molar-refractivity contribution in [1.82, 2.24) is 9.88 Å². The Kier molecular flexibility index (Phi) is 4.10. The highest BCUT2D eigenvalue weighted by atomic mass is 32.2. The number of aromatic nitrogens is 1. The van der Waals surface area contributed by atoms with Crippen LogP contribution in [-0.4, -0.2) is 45.5 Å². The van der Waals surface area contributed by atoms with Crippen LogP contribution in [-0.2, 0) is 11.3 Å². The van der Waals surface area contributed by atoms with E-state index < -0.39 is 0 Å². The minimum atomic E-state index is 0.0744. The van der Waals surface area contributed by atoms with Crippen molar-refractivity contribution in [3.8, 4) is 0 Å². The molecule has 0 aliphatic carbocycles. The third-order valence-electron chi connectivity index (χ3n) is 4.70. The molecular formula is C18H20N2O3S. The Bertz CT molecular complexity index is 725. The molecule has 0 aromatic carbocycles. The quantitative estimate of drug-likeness (QED) is 0.854. The molecule has 0 bridgehead atoms. The molecule has 0 N–H and O–H groups in total. The van der Waals surface area contributed by atoms with Crippen LogP contribution in [0.2, 0.25) is 0 Å². The number of nitrogens with zero attached hydrogens (tertiary/aromatic N) is 2. The second-order valence-electron chi connectivity index (χ2n) is 6.50. The van der Waals surface area contributed by atoms with Crippen LogP contribution < -0.4 is 0 Å². The summed E-state index contributed by atoms with van der Waals surface area (Å²) in [7, 11) is 0. The fourth-order valence-electron chi connectivity index (χ4n) is 3.39. The molecule has 1 atom stereocenters. The molecule has 1 spiro atoms. The zero-order chi connectivity index (χ0) is 16.6. The molecular weight excluding hydrogens is 324 g/mol. The zero-order valence-corrected chi connectivity index (χ0v) is 14.4. The van der Waals surface area contributed by atoms with Gasteiger partial charge in [-0.05, 0) is 31.5 Å². The Morgan fingerprint density at radius 1 is 1.46 bits per heavy atom. The number of hydrogen-bond donors (Lipinski definition) is 0. The van der Waals surface area contributed by atoms with Gasteiger partial charge in [-0.2, -0.15) is 0 Å². The van der Waals surface area contributed by atoms with E-state index in [4.69, 9.17) is 9.15 Å². The predicted octanol–water partition coefficient (Wildman–Crippen LogP) is 2.90. The maximum absolute atomic E-state index is 12.5. The van der Waals surface area contributed by atoms with E-state index in [9.17, 15) is 4.79 Å². The molecule has 1 unspecified atom stereocenters. The van der Waals surface area contributed by atoms with E-state index in [2.05, 4.69) is 4.98 Å². The number of furan rings is 1. The van der Waals surface area contributed by atoms with Gasteiger partial charge >= 0.3 is 0 Å². The summed E-state index contributed by atoms with van der Waals surface area (Å²) in [5.74, 6) is 1.75. The highest BCUT2D eigenvalue weighted by Crippen LogP contribution is 2.46. The molecule has 1 amide bonds. The first-order valence-corrected chi connectivity index (χ1v) is 9.13. The van der Waals surface area contributed by atoms with Crippen molar-refractivity contribution in [3.05, 3.63) is 53.7 Å². The van der Waals surface area contributed by atoms with Crippen LogP contribution in [0.15, 0.2) is 41.1 Å². The first-order valence-electron chi connectivity index (χ1n) is 8.14. The summed E-state index contributed by atoms with van der Waals surface area (Å²) in [6.45, 7) is 3.97. The first-order chi connectivity index (χ1) is 11.7. The number of rotatable bonds is 4. The Morgan fingerprint density at radius 3 is 3.04 bits per heavy atom. The number of carbonyl (C=O) groups excluding carboxylic acids is 1. The van der Waals surface area contributed by atoms with Gasteiger partial charge in [0.15, 0.2) is 0 Å². The monoisotopic (exact) mass is 344 g/mol. The van der Waals surface area contributed by atoms with E-state index in [1.54, 1.807) is 18.5 Å². The Morgan fingerprint density at radius 2 is 2.33 bits per heavy atom. The molecule has 0 saturated carbocycles. The molecule has 6 heteroatoms. The molecule has 5 nitrogen and oxygen atoms in total. The first kappa shape index (κ1) is 15.7. The average molecular weight is 344 g/mol. The molecule has 126 valence electrons. The van der Waals surface area contributed by atoms with Crippen LogP contribution in [0.25, 0.3) is 0 Å². The second-order valence-corrected chi connectivity index (χ2v) is 7.99. The molecule has 4 rings (SSSR count). The molecule has 2 fully saturated rings. The summed E-state index contributed by atoms with van der Waals surface area (Å²) >= 11 is 1.93. The van der Waals surface area contributed by atoms with Crippen LogP contribution in [0.1, 0.15) is 28.2 Å². The van der Waals surface area contributed by atoms with Crippen molar-refractivity contribution in [3.63, 3.8) is 0 Å². The van der Waals surface area contributed by atoms with Gasteiger partial charge in [0.1, 0.15) is 5.76 Å². The fourth-order valence-corrected chi connectivity index (χ4v) is 4.94.